The summed E-state index contributed by atoms with van der Waals surface area (Å²) in [7, 11) is 1.61. The average molecular weight is 345 g/mol. The fourth-order valence-corrected chi connectivity index (χ4v) is 2.45. The summed E-state index contributed by atoms with van der Waals surface area (Å²) in [5.74, 6) is 1.25. The van der Waals surface area contributed by atoms with Crippen LogP contribution in [0.5, 0.6) is 11.5 Å². The molecule has 9 heteroatoms. The van der Waals surface area contributed by atoms with E-state index in [2.05, 4.69) is 20.6 Å². The molecule has 8 nitrogen and oxygen atoms in total. The number of carbonyl (C=O) groups is 1. The van der Waals surface area contributed by atoms with Crippen LogP contribution >= 0.6 is 11.3 Å². The number of benzene rings is 1. The summed E-state index contributed by atoms with van der Waals surface area (Å²) in [5.41, 5.74) is 0.632. The lowest BCUT2D eigenvalue weighted by Gasteiger charge is -2.04. The van der Waals surface area contributed by atoms with Crippen molar-refractivity contribution in [1.82, 2.24) is 20.0 Å². The van der Waals surface area contributed by atoms with E-state index in [1.54, 1.807) is 24.9 Å². The number of hydrogen-bond donors (Lipinski definition) is 1. The van der Waals surface area contributed by atoms with E-state index in [1.807, 2.05) is 24.3 Å². The van der Waals surface area contributed by atoms with Crippen molar-refractivity contribution in [3.05, 3.63) is 47.7 Å². The smallest absolute Gasteiger partial charge is 0.247 e. The quantitative estimate of drug-likeness (QED) is 0.704. The van der Waals surface area contributed by atoms with Crippen molar-refractivity contribution in [2.75, 3.05) is 12.4 Å². The number of hydrogen-bond acceptors (Lipinski definition) is 7. The topological polar surface area (TPSA) is 91.2 Å². The molecule has 0 saturated heterocycles. The summed E-state index contributed by atoms with van der Waals surface area (Å²) in [4.78, 5) is 15.8. The monoisotopic (exact) mass is 345 g/mol. The predicted octanol–water partition coefficient (Wildman–Crippen LogP) is 1.96. The standard InChI is InChI=1S/C15H15N5O3S/c1-22-12-2-4-13(5-3-12)23-10-11-8-20(19-18-11)9-14(21)17-15-16-6-7-24-15/h2-8H,9-10H2,1H3,(H,16,17,21). The van der Waals surface area contributed by atoms with Gasteiger partial charge in [-0.3, -0.25) is 4.79 Å². The second kappa shape index (κ2) is 7.55. The molecule has 0 aliphatic rings. The van der Waals surface area contributed by atoms with Crippen molar-refractivity contribution in [2.24, 2.45) is 0 Å². The Kier molecular flexibility index (Phi) is 5.02. The second-order valence-electron chi connectivity index (χ2n) is 4.76. The number of amides is 1. The Bertz CT molecular complexity index is 786. The lowest BCUT2D eigenvalue weighted by molar-refractivity contribution is -0.116. The van der Waals surface area contributed by atoms with E-state index < -0.39 is 0 Å². The minimum atomic E-state index is -0.211. The lowest BCUT2D eigenvalue weighted by atomic mass is 10.3. The summed E-state index contributed by atoms with van der Waals surface area (Å²) < 4.78 is 12.2. The molecule has 3 rings (SSSR count). The minimum absolute atomic E-state index is 0.0646. The Labute approximate surface area is 142 Å². The van der Waals surface area contributed by atoms with E-state index in [0.717, 1.165) is 5.75 Å². The van der Waals surface area contributed by atoms with Crippen LogP contribution in [-0.2, 0) is 17.9 Å². The second-order valence-corrected chi connectivity index (χ2v) is 5.65. The van der Waals surface area contributed by atoms with Crippen LogP contribution in [0.1, 0.15) is 5.69 Å². The number of nitrogens with zero attached hydrogens (tertiary/aromatic N) is 4. The maximum atomic E-state index is 11.9. The van der Waals surface area contributed by atoms with Crippen LogP contribution in [0.2, 0.25) is 0 Å². The van der Waals surface area contributed by atoms with Crippen LogP contribution in [0.4, 0.5) is 5.13 Å². The molecule has 0 spiro atoms. The highest BCUT2D eigenvalue weighted by Gasteiger charge is 2.08. The van der Waals surface area contributed by atoms with E-state index >= 15 is 0 Å². The van der Waals surface area contributed by atoms with E-state index in [4.69, 9.17) is 9.47 Å². The van der Waals surface area contributed by atoms with Gasteiger partial charge in [0.05, 0.1) is 13.3 Å². The van der Waals surface area contributed by atoms with Crippen LogP contribution in [-0.4, -0.2) is 33.0 Å². The third-order valence-electron chi connectivity index (χ3n) is 3.02. The molecular weight excluding hydrogens is 330 g/mol. The van der Waals surface area contributed by atoms with Gasteiger partial charge in [0.25, 0.3) is 0 Å². The highest BCUT2D eigenvalue weighted by molar-refractivity contribution is 7.13. The van der Waals surface area contributed by atoms with Crippen molar-refractivity contribution < 1.29 is 14.3 Å². The van der Waals surface area contributed by atoms with Gasteiger partial charge < -0.3 is 14.8 Å². The first kappa shape index (κ1) is 15.9. The third kappa shape index (κ3) is 4.29. The number of aromatic nitrogens is 4. The molecule has 0 bridgehead atoms. The third-order valence-corrected chi connectivity index (χ3v) is 3.71. The summed E-state index contributed by atoms with van der Waals surface area (Å²) >= 11 is 1.36. The Balaban J connectivity index is 1.50. The van der Waals surface area contributed by atoms with E-state index in [1.165, 1.54) is 16.0 Å². The first-order chi connectivity index (χ1) is 11.7. The predicted molar refractivity (Wildman–Crippen MR) is 88.1 cm³/mol. The van der Waals surface area contributed by atoms with Gasteiger partial charge in [-0.25, -0.2) is 9.67 Å². The van der Waals surface area contributed by atoms with Crippen molar-refractivity contribution in [3.63, 3.8) is 0 Å². The molecule has 24 heavy (non-hydrogen) atoms. The maximum Gasteiger partial charge on any atom is 0.247 e. The molecule has 0 fully saturated rings. The first-order valence-electron chi connectivity index (χ1n) is 7.08. The Morgan fingerprint density at radius 2 is 2.08 bits per heavy atom. The summed E-state index contributed by atoms with van der Waals surface area (Å²) in [6.07, 6.45) is 3.30. The van der Waals surface area contributed by atoms with Crippen LogP contribution in [0, 0.1) is 0 Å². The Morgan fingerprint density at radius 1 is 1.29 bits per heavy atom. The molecule has 0 unspecified atom stereocenters. The zero-order chi connectivity index (χ0) is 16.8. The van der Waals surface area contributed by atoms with E-state index in [-0.39, 0.29) is 19.1 Å². The van der Waals surface area contributed by atoms with E-state index in [0.29, 0.717) is 16.6 Å². The highest BCUT2D eigenvalue weighted by atomic mass is 32.1. The molecule has 1 aromatic carbocycles. The molecule has 0 aliphatic carbocycles. The number of rotatable bonds is 7. The van der Waals surface area contributed by atoms with E-state index in [9.17, 15) is 4.79 Å². The highest BCUT2D eigenvalue weighted by Crippen LogP contribution is 2.17. The molecule has 1 amide bonds. The molecule has 0 aliphatic heterocycles. The number of carbonyl (C=O) groups excluding carboxylic acids is 1. The molecular formula is C15H15N5O3S. The van der Waals surface area contributed by atoms with Crippen molar-refractivity contribution >= 4 is 22.4 Å². The minimum Gasteiger partial charge on any atom is -0.497 e. The SMILES string of the molecule is COc1ccc(OCc2cn(CC(=O)Nc3nccs3)nn2)cc1. The molecule has 2 heterocycles. The number of ether oxygens (including phenoxy) is 2. The lowest BCUT2D eigenvalue weighted by Crippen LogP contribution is -2.19. The molecule has 3 aromatic rings. The Morgan fingerprint density at radius 3 is 2.79 bits per heavy atom. The molecule has 2 aromatic heterocycles. The largest absolute Gasteiger partial charge is 0.497 e. The van der Waals surface area contributed by atoms with Gasteiger partial charge >= 0.3 is 0 Å². The number of nitrogens with one attached hydrogen (secondary N) is 1. The van der Waals surface area contributed by atoms with Crippen molar-refractivity contribution in [1.29, 1.82) is 0 Å². The zero-order valence-electron chi connectivity index (χ0n) is 12.9. The Hall–Kier alpha value is -2.94. The van der Waals surface area contributed by atoms with Crippen molar-refractivity contribution in [2.45, 2.75) is 13.2 Å². The average Bonchev–Trinajstić information content (AvgIpc) is 3.25. The first-order valence-corrected chi connectivity index (χ1v) is 7.96. The van der Waals surface area contributed by atoms with Crippen LogP contribution in [0.3, 0.4) is 0 Å². The molecule has 0 saturated carbocycles. The van der Waals surface area contributed by atoms with Crippen LogP contribution in [0.25, 0.3) is 0 Å². The van der Waals surface area contributed by atoms with Crippen molar-refractivity contribution in [3.8, 4) is 11.5 Å². The van der Waals surface area contributed by atoms with Gasteiger partial charge in [-0.15, -0.1) is 16.4 Å². The molecule has 124 valence electrons. The van der Waals surface area contributed by atoms with Gasteiger partial charge in [0.15, 0.2) is 5.13 Å². The number of anilines is 1. The van der Waals surface area contributed by atoms with Gasteiger partial charge in [-0.2, -0.15) is 0 Å². The molecule has 1 N–H and O–H groups in total. The number of thiazole rings is 1. The number of methoxy groups -OCH3 is 1. The van der Waals surface area contributed by atoms with Gasteiger partial charge in [-0.05, 0) is 24.3 Å². The van der Waals surface area contributed by atoms with Gasteiger partial charge in [-0.1, -0.05) is 5.21 Å². The van der Waals surface area contributed by atoms with Gasteiger partial charge in [0, 0.05) is 11.6 Å². The fraction of sp³-hybridized carbons (Fsp3) is 0.200. The fourth-order valence-electron chi connectivity index (χ4n) is 1.90. The maximum absolute atomic E-state index is 11.9. The molecule has 0 atom stereocenters. The van der Waals surface area contributed by atoms with Gasteiger partial charge in [0.2, 0.25) is 5.91 Å². The zero-order valence-corrected chi connectivity index (χ0v) is 13.7. The summed E-state index contributed by atoms with van der Waals surface area (Å²) in [5, 5.41) is 12.9. The van der Waals surface area contributed by atoms with Gasteiger partial charge in [0.1, 0.15) is 30.3 Å². The summed E-state index contributed by atoms with van der Waals surface area (Å²) in [6, 6.07) is 7.25. The summed E-state index contributed by atoms with van der Waals surface area (Å²) in [6.45, 7) is 0.329. The molecule has 0 radical (unpaired) electrons. The van der Waals surface area contributed by atoms with Crippen LogP contribution in [0.15, 0.2) is 42.0 Å². The normalized spacial score (nSPS) is 10.4. The van der Waals surface area contributed by atoms with Crippen LogP contribution < -0.4 is 14.8 Å².